The number of pyridine rings is 1. The van der Waals surface area contributed by atoms with Gasteiger partial charge in [-0.25, -0.2) is 0 Å². The van der Waals surface area contributed by atoms with Crippen molar-refractivity contribution in [3.8, 4) is 16.9 Å². The molecule has 1 aliphatic heterocycles. The maximum absolute atomic E-state index is 12.0. The van der Waals surface area contributed by atoms with E-state index in [4.69, 9.17) is 9.47 Å². The van der Waals surface area contributed by atoms with Gasteiger partial charge in [-0.15, -0.1) is 0 Å². The minimum absolute atomic E-state index is 0.00790. The molecular formula is C20H25NO4S. The summed E-state index contributed by atoms with van der Waals surface area (Å²) >= 11 is -0.919. The van der Waals surface area contributed by atoms with Crippen molar-refractivity contribution >= 4 is 11.2 Å². The number of hydrogen-bond donors (Lipinski definition) is 0. The molecule has 6 heteroatoms. The lowest BCUT2D eigenvalue weighted by atomic mass is 10.0. The standard InChI is InChI=1S/C20H25NO4S/c1-14-10-16(12-21(2)20(14)22)18-11-15(13-26(3)23)4-5-19(18)25-17-6-8-24-9-7-17/h4-5,10-12,17H,6-9,13H2,1-3H3. The molecule has 140 valence electrons. The van der Waals surface area contributed by atoms with Crippen LogP contribution >= 0.6 is 0 Å². The predicted molar refractivity (Wildman–Crippen MR) is 104 cm³/mol. The number of ether oxygens (including phenoxy) is 2. The number of aryl methyl sites for hydroxylation is 2. The molecule has 1 fully saturated rings. The Balaban J connectivity index is 2.02. The van der Waals surface area contributed by atoms with Gasteiger partial charge in [-0.05, 0) is 25.1 Å². The van der Waals surface area contributed by atoms with E-state index in [1.807, 2.05) is 37.4 Å². The third-order valence-electron chi connectivity index (χ3n) is 4.55. The SMILES string of the molecule is Cc1cc(-c2cc(C[S+](C)[O-])ccc2OC2CCOCC2)cn(C)c1=O. The highest BCUT2D eigenvalue weighted by atomic mass is 32.2. The molecule has 0 saturated carbocycles. The van der Waals surface area contributed by atoms with Gasteiger partial charge in [0.2, 0.25) is 0 Å². The van der Waals surface area contributed by atoms with Gasteiger partial charge in [-0.1, -0.05) is 17.2 Å². The lowest BCUT2D eigenvalue weighted by Crippen LogP contribution is -2.26. The zero-order valence-electron chi connectivity index (χ0n) is 15.5. The van der Waals surface area contributed by atoms with Gasteiger partial charge in [0.15, 0.2) is 0 Å². The monoisotopic (exact) mass is 375 g/mol. The average molecular weight is 375 g/mol. The van der Waals surface area contributed by atoms with Gasteiger partial charge >= 0.3 is 0 Å². The summed E-state index contributed by atoms with van der Waals surface area (Å²) in [4.78, 5) is 12.0. The van der Waals surface area contributed by atoms with Crippen LogP contribution in [0.5, 0.6) is 5.75 Å². The van der Waals surface area contributed by atoms with Crippen LogP contribution in [0.4, 0.5) is 0 Å². The highest BCUT2D eigenvalue weighted by molar-refractivity contribution is 7.89. The minimum atomic E-state index is -0.919. The van der Waals surface area contributed by atoms with E-state index in [0.717, 1.165) is 35.3 Å². The fourth-order valence-corrected chi connectivity index (χ4v) is 3.88. The number of nitrogens with zero attached hydrogens (tertiary/aromatic N) is 1. The first-order valence-corrected chi connectivity index (χ1v) is 10.5. The van der Waals surface area contributed by atoms with Crippen LogP contribution in [0.1, 0.15) is 24.0 Å². The number of hydrogen-bond acceptors (Lipinski definition) is 4. The first-order chi connectivity index (χ1) is 12.4. The first-order valence-electron chi connectivity index (χ1n) is 8.79. The van der Waals surface area contributed by atoms with Gasteiger partial charge in [0.05, 0.1) is 19.5 Å². The van der Waals surface area contributed by atoms with E-state index < -0.39 is 11.2 Å². The third kappa shape index (κ3) is 4.50. The van der Waals surface area contributed by atoms with E-state index in [9.17, 15) is 9.35 Å². The van der Waals surface area contributed by atoms with Crippen LogP contribution in [0.25, 0.3) is 11.1 Å². The Morgan fingerprint density at radius 2 is 2.04 bits per heavy atom. The molecule has 3 rings (SSSR count). The molecule has 0 bridgehead atoms. The van der Waals surface area contributed by atoms with Crippen molar-refractivity contribution in [1.29, 1.82) is 0 Å². The Morgan fingerprint density at radius 1 is 1.31 bits per heavy atom. The lowest BCUT2D eigenvalue weighted by molar-refractivity contribution is 0.0258. The van der Waals surface area contributed by atoms with Crippen LogP contribution in [0.2, 0.25) is 0 Å². The van der Waals surface area contributed by atoms with E-state index >= 15 is 0 Å². The first kappa shape index (κ1) is 19.0. The fourth-order valence-electron chi connectivity index (χ4n) is 3.23. The van der Waals surface area contributed by atoms with Crippen molar-refractivity contribution in [3.05, 3.63) is 51.9 Å². The summed E-state index contributed by atoms with van der Waals surface area (Å²) in [6.45, 7) is 3.24. The van der Waals surface area contributed by atoms with Crippen molar-refractivity contribution in [2.45, 2.75) is 31.6 Å². The molecule has 26 heavy (non-hydrogen) atoms. The molecule has 0 spiro atoms. The Kier molecular flexibility index (Phi) is 6.06. The maximum atomic E-state index is 12.0. The molecule has 5 nitrogen and oxygen atoms in total. The lowest BCUT2D eigenvalue weighted by Gasteiger charge is -2.25. The fraction of sp³-hybridized carbons (Fsp3) is 0.450. The third-order valence-corrected chi connectivity index (χ3v) is 5.29. The van der Waals surface area contributed by atoms with Gasteiger partial charge in [0, 0.05) is 48.3 Å². The van der Waals surface area contributed by atoms with E-state index in [1.165, 1.54) is 0 Å². The van der Waals surface area contributed by atoms with Crippen LogP contribution in [0.3, 0.4) is 0 Å². The smallest absolute Gasteiger partial charge is 0.253 e. The van der Waals surface area contributed by atoms with E-state index in [1.54, 1.807) is 17.9 Å². The second-order valence-corrected chi connectivity index (χ2v) is 8.24. The van der Waals surface area contributed by atoms with Crippen molar-refractivity contribution in [2.24, 2.45) is 7.05 Å². The molecule has 1 aromatic heterocycles. The van der Waals surface area contributed by atoms with Gasteiger partial charge in [0.1, 0.15) is 17.6 Å². The van der Waals surface area contributed by atoms with E-state index in [0.29, 0.717) is 24.5 Å². The maximum Gasteiger partial charge on any atom is 0.253 e. The summed E-state index contributed by atoms with van der Waals surface area (Å²) in [5.74, 6) is 1.29. The molecule has 2 aromatic rings. The molecule has 2 heterocycles. The van der Waals surface area contributed by atoms with Crippen LogP contribution in [0.15, 0.2) is 35.3 Å². The molecule has 0 N–H and O–H groups in total. The molecule has 0 radical (unpaired) electrons. The molecule has 1 saturated heterocycles. The van der Waals surface area contributed by atoms with E-state index in [-0.39, 0.29) is 11.7 Å². The second kappa shape index (κ2) is 8.29. The zero-order chi connectivity index (χ0) is 18.7. The summed E-state index contributed by atoms with van der Waals surface area (Å²) in [6.07, 6.45) is 5.39. The number of rotatable bonds is 5. The molecule has 1 unspecified atom stereocenters. The average Bonchev–Trinajstić information content (AvgIpc) is 2.61. The highest BCUT2D eigenvalue weighted by Crippen LogP contribution is 2.33. The Morgan fingerprint density at radius 3 is 2.69 bits per heavy atom. The van der Waals surface area contributed by atoms with Gasteiger partial charge in [-0.3, -0.25) is 4.79 Å². The molecular weight excluding hydrogens is 350 g/mol. The highest BCUT2D eigenvalue weighted by Gasteiger charge is 2.19. The number of aromatic nitrogens is 1. The molecule has 1 aliphatic rings. The Labute approximate surface area is 157 Å². The zero-order valence-corrected chi connectivity index (χ0v) is 16.3. The predicted octanol–water partition coefficient (Wildman–Crippen LogP) is 2.80. The summed E-state index contributed by atoms with van der Waals surface area (Å²) in [7, 11) is 1.75. The quantitative estimate of drug-likeness (QED) is 0.754. The van der Waals surface area contributed by atoms with Crippen molar-refractivity contribution in [1.82, 2.24) is 4.57 Å². The summed E-state index contributed by atoms with van der Waals surface area (Å²) in [6, 6.07) is 7.83. The topological polar surface area (TPSA) is 63.5 Å². The van der Waals surface area contributed by atoms with Crippen LogP contribution in [0, 0.1) is 6.92 Å². The second-order valence-electron chi connectivity index (χ2n) is 6.81. The normalized spacial score (nSPS) is 16.5. The number of benzene rings is 1. The summed E-state index contributed by atoms with van der Waals surface area (Å²) < 4.78 is 24.9. The van der Waals surface area contributed by atoms with E-state index in [2.05, 4.69) is 0 Å². The minimum Gasteiger partial charge on any atom is -0.616 e. The molecule has 1 aromatic carbocycles. The van der Waals surface area contributed by atoms with Crippen LogP contribution < -0.4 is 10.3 Å². The van der Waals surface area contributed by atoms with Gasteiger partial charge < -0.3 is 18.6 Å². The van der Waals surface area contributed by atoms with Gasteiger partial charge in [0.25, 0.3) is 5.56 Å². The Bertz CT molecular complexity index is 799. The van der Waals surface area contributed by atoms with Crippen LogP contribution in [-0.2, 0) is 28.7 Å². The summed E-state index contributed by atoms with van der Waals surface area (Å²) in [5.41, 5.74) is 3.53. The Hall–Kier alpha value is -1.76. The molecule has 0 aliphatic carbocycles. The molecule has 0 amide bonds. The largest absolute Gasteiger partial charge is 0.616 e. The van der Waals surface area contributed by atoms with Crippen molar-refractivity contribution in [2.75, 3.05) is 19.5 Å². The van der Waals surface area contributed by atoms with Crippen molar-refractivity contribution < 1.29 is 14.0 Å². The van der Waals surface area contributed by atoms with Gasteiger partial charge in [-0.2, -0.15) is 0 Å². The van der Waals surface area contributed by atoms with Crippen molar-refractivity contribution in [3.63, 3.8) is 0 Å². The molecule has 1 atom stereocenters. The summed E-state index contributed by atoms with van der Waals surface area (Å²) in [5, 5.41) is 0. The van der Waals surface area contributed by atoms with Crippen LogP contribution in [-0.4, -0.2) is 34.7 Å².